The van der Waals surface area contributed by atoms with Gasteiger partial charge in [-0.3, -0.25) is 8.37 Å². The summed E-state index contributed by atoms with van der Waals surface area (Å²) in [5.74, 6) is 0. The van der Waals surface area contributed by atoms with E-state index in [0.717, 1.165) is 0 Å². The van der Waals surface area contributed by atoms with E-state index in [1.807, 2.05) is 0 Å². The maximum atomic E-state index is 10.1. The molecular weight excluding hydrogens is 184 g/mol. The second-order valence-electron chi connectivity index (χ2n) is 0.995. The average Bonchev–Trinajstić information content (AvgIpc) is 1.87. The van der Waals surface area contributed by atoms with Crippen LogP contribution in [0.1, 0.15) is 0 Å². The standard InChI is InChI=1S/C2H3BrO3S/c3-2-1-5-7(4)6-2/h2H,1H2. The van der Waals surface area contributed by atoms with Gasteiger partial charge in [0.05, 0.1) is 0 Å². The lowest BCUT2D eigenvalue weighted by Crippen LogP contribution is -1.95. The lowest BCUT2D eigenvalue weighted by atomic mass is 10.8. The van der Waals surface area contributed by atoms with Gasteiger partial charge in [-0.15, -0.1) is 0 Å². The molecule has 0 aliphatic carbocycles. The third-order valence-electron chi connectivity index (χ3n) is 0.478. The number of hydrogen-bond acceptors (Lipinski definition) is 3. The predicted octanol–water partition coefficient (Wildman–Crippen LogP) is 0.333. The van der Waals surface area contributed by atoms with Crippen LogP contribution in [0.2, 0.25) is 0 Å². The van der Waals surface area contributed by atoms with Gasteiger partial charge in [0.15, 0.2) is 5.01 Å². The van der Waals surface area contributed by atoms with Gasteiger partial charge in [0.25, 0.3) is 0 Å². The third kappa shape index (κ3) is 1.49. The number of hydrogen-bond donors (Lipinski definition) is 0. The second kappa shape index (κ2) is 2.21. The zero-order valence-corrected chi connectivity index (χ0v) is 5.70. The molecule has 1 saturated heterocycles. The molecule has 2 atom stereocenters. The van der Waals surface area contributed by atoms with Gasteiger partial charge in [0.1, 0.15) is 6.61 Å². The molecule has 1 fully saturated rings. The van der Waals surface area contributed by atoms with Crippen molar-refractivity contribution in [3.63, 3.8) is 0 Å². The highest BCUT2D eigenvalue weighted by Crippen LogP contribution is 2.12. The minimum Gasteiger partial charge on any atom is -0.265 e. The average molecular weight is 187 g/mol. The molecule has 42 valence electrons. The molecule has 0 aromatic heterocycles. The van der Waals surface area contributed by atoms with Crippen molar-refractivity contribution in [1.29, 1.82) is 0 Å². The van der Waals surface area contributed by atoms with Crippen LogP contribution in [0.25, 0.3) is 0 Å². The van der Waals surface area contributed by atoms with Crippen molar-refractivity contribution in [2.24, 2.45) is 0 Å². The maximum absolute atomic E-state index is 10.1. The molecule has 0 spiro atoms. The van der Waals surface area contributed by atoms with E-state index < -0.39 is 11.4 Å². The summed E-state index contributed by atoms with van der Waals surface area (Å²) in [4.78, 5) is 0. The topological polar surface area (TPSA) is 35.5 Å². The van der Waals surface area contributed by atoms with Crippen LogP contribution in [0, 0.1) is 0 Å². The minimum absolute atomic E-state index is 0.187. The van der Waals surface area contributed by atoms with E-state index in [-0.39, 0.29) is 5.01 Å². The molecule has 0 radical (unpaired) electrons. The summed E-state index contributed by atoms with van der Waals surface area (Å²) in [6, 6.07) is 0. The molecule has 0 aromatic carbocycles. The van der Waals surface area contributed by atoms with Crippen LogP contribution in [0.4, 0.5) is 0 Å². The lowest BCUT2D eigenvalue weighted by molar-refractivity contribution is 0.339. The van der Waals surface area contributed by atoms with Gasteiger partial charge in [-0.1, -0.05) is 15.9 Å². The van der Waals surface area contributed by atoms with Crippen molar-refractivity contribution in [3.05, 3.63) is 0 Å². The Kier molecular flexibility index (Phi) is 1.80. The number of halogens is 1. The molecule has 5 heteroatoms. The van der Waals surface area contributed by atoms with Crippen molar-refractivity contribution in [1.82, 2.24) is 0 Å². The third-order valence-corrected chi connectivity index (χ3v) is 1.89. The Bertz CT molecular complexity index is 94.9. The molecule has 2 unspecified atom stereocenters. The number of rotatable bonds is 0. The van der Waals surface area contributed by atoms with Crippen LogP contribution in [-0.2, 0) is 19.7 Å². The lowest BCUT2D eigenvalue weighted by Gasteiger charge is -1.85. The maximum Gasteiger partial charge on any atom is 0.305 e. The largest absolute Gasteiger partial charge is 0.305 e. The zero-order chi connectivity index (χ0) is 5.28. The Hall–Kier alpha value is 0.550. The van der Waals surface area contributed by atoms with Crippen LogP contribution < -0.4 is 0 Å². The fourth-order valence-electron chi connectivity index (χ4n) is 0.250. The molecule has 1 rings (SSSR count). The molecule has 1 heterocycles. The first kappa shape index (κ1) is 5.68. The Morgan fingerprint density at radius 1 is 1.86 bits per heavy atom. The second-order valence-corrected chi connectivity index (χ2v) is 2.85. The quantitative estimate of drug-likeness (QED) is 0.512. The Labute approximate surface area is 52.0 Å². The van der Waals surface area contributed by atoms with Crippen LogP contribution >= 0.6 is 15.9 Å². The molecule has 1 aliphatic rings. The number of alkyl halides is 1. The predicted molar refractivity (Wildman–Crippen MR) is 27.9 cm³/mol. The summed E-state index contributed by atoms with van der Waals surface area (Å²) in [5, 5.41) is -0.187. The molecule has 3 nitrogen and oxygen atoms in total. The molecule has 0 bridgehead atoms. The monoisotopic (exact) mass is 186 g/mol. The van der Waals surface area contributed by atoms with E-state index in [0.29, 0.717) is 6.61 Å². The van der Waals surface area contributed by atoms with Gasteiger partial charge in [0.2, 0.25) is 0 Å². The van der Waals surface area contributed by atoms with E-state index in [1.165, 1.54) is 0 Å². The van der Waals surface area contributed by atoms with Gasteiger partial charge in [0, 0.05) is 0 Å². The summed E-state index contributed by atoms with van der Waals surface area (Å²) in [5.41, 5.74) is 0. The van der Waals surface area contributed by atoms with Gasteiger partial charge in [-0.25, -0.2) is 0 Å². The molecule has 0 N–H and O–H groups in total. The van der Waals surface area contributed by atoms with Crippen LogP contribution in [0.5, 0.6) is 0 Å². The van der Waals surface area contributed by atoms with Crippen LogP contribution in [0.3, 0.4) is 0 Å². The summed E-state index contributed by atoms with van der Waals surface area (Å²) >= 11 is 1.54. The Morgan fingerprint density at radius 2 is 2.57 bits per heavy atom. The first-order valence-corrected chi connectivity index (χ1v) is 3.57. The van der Waals surface area contributed by atoms with Crippen molar-refractivity contribution < 1.29 is 12.6 Å². The Balaban J connectivity index is 2.40. The molecular formula is C2H3BrO3S. The van der Waals surface area contributed by atoms with E-state index in [4.69, 9.17) is 0 Å². The summed E-state index contributed by atoms with van der Waals surface area (Å²) in [6.07, 6.45) is 0. The molecule has 1 aliphatic heterocycles. The first-order chi connectivity index (χ1) is 3.29. The van der Waals surface area contributed by atoms with Gasteiger partial charge < -0.3 is 0 Å². The minimum atomic E-state index is -1.50. The van der Waals surface area contributed by atoms with E-state index >= 15 is 0 Å². The van der Waals surface area contributed by atoms with E-state index in [2.05, 4.69) is 24.3 Å². The summed E-state index contributed by atoms with van der Waals surface area (Å²) < 4.78 is 19.1. The van der Waals surface area contributed by atoms with Gasteiger partial charge in [-0.05, 0) is 0 Å². The highest BCUT2D eigenvalue weighted by molar-refractivity contribution is 9.09. The van der Waals surface area contributed by atoms with E-state index in [1.54, 1.807) is 0 Å². The van der Waals surface area contributed by atoms with Crippen molar-refractivity contribution in [2.75, 3.05) is 6.61 Å². The first-order valence-electron chi connectivity index (χ1n) is 1.65. The summed E-state index contributed by atoms with van der Waals surface area (Å²) in [7, 11) is 0. The van der Waals surface area contributed by atoms with Crippen molar-refractivity contribution >= 4 is 27.3 Å². The summed E-state index contributed by atoms with van der Waals surface area (Å²) in [6.45, 7) is 0.368. The Morgan fingerprint density at radius 3 is 2.71 bits per heavy atom. The van der Waals surface area contributed by atoms with Gasteiger partial charge in [-0.2, -0.15) is 4.21 Å². The fraction of sp³-hybridized carbons (Fsp3) is 1.00. The normalized spacial score (nSPS) is 41.9. The molecule has 0 amide bonds. The van der Waals surface area contributed by atoms with Gasteiger partial charge >= 0.3 is 11.4 Å². The van der Waals surface area contributed by atoms with Crippen LogP contribution in [-0.4, -0.2) is 15.8 Å². The smallest absolute Gasteiger partial charge is 0.265 e. The highest BCUT2D eigenvalue weighted by atomic mass is 79.9. The fourth-order valence-corrected chi connectivity index (χ4v) is 1.45. The highest BCUT2D eigenvalue weighted by Gasteiger charge is 2.19. The zero-order valence-electron chi connectivity index (χ0n) is 3.30. The molecule has 0 saturated carbocycles. The van der Waals surface area contributed by atoms with Crippen LogP contribution in [0.15, 0.2) is 0 Å². The van der Waals surface area contributed by atoms with Crippen molar-refractivity contribution in [3.8, 4) is 0 Å². The SMILES string of the molecule is O=S1OCC(Br)O1. The molecule has 7 heavy (non-hydrogen) atoms. The van der Waals surface area contributed by atoms with E-state index in [9.17, 15) is 4.21 Å². The van der Waals surface area contributed by atoms with Crippen molar-refractivity contribution in [2.45, 2.75) is 5.01 Å². The molecule has 0 aromatic rings.